The summed E-state index contributed by atoms with van der Waals surface area (Å²) in [4.78, 5) is 13.5. The molecule has 0 aliphatic rings. The van der Waals surface area contributed by atoms with E-state index < -0.39 is 12.0 Å². The molecule has 0 aliphatic carbocycles. The summed E-state index contributed by atoms with van der Waals surface area (Å²) < 4.78 is 0. The maximum Gasteiger partial charge on any atom is 0.320 e. The highest BCUT2D eigenvalue weighted by molar-refractivity contribution is 7.15. The number of hydrogen-bond acceptors (Lipinski definition) is 3. The Balaban J connectivity index is 1.99. The number of halogens is 1. The van der Waals surface area contributed by atoms with Crippen LogP contribution in [0.2, 0.25) is 5.02 Å². The molecule has 1 aromatic heterocycles. The third-order valence-corrected chi connectivity index (χ3v) is 4.70. The molecule has 0 unspecified atom stereocenters. The van der Waals surface area contributed by atoms with Gasteiger partial charge in [-0.05, 0) is 42.2 Å². The van der Waals surface area contributed by atoms with Gasteiger partial charge in [-0.25, -0.2) is 0 Å². The molecule has 118 valence electrons. The van der Waals surface area contributed by atoms with Crippen LogP contribution in [0.15, 0.2) is 36.4 Å². The van der Waals surface area contributed by atoms with E-state index in [2.05, 4.69) is 11.4 Å². The van der Waals surface area contributed by atoms with Gasteiger partial charge in [-0.1, -0.05) is 37.6 Å². The molecule has 1 heterocycles. The molecule has 5 heteroatoms. The predicted molar refractivity (Wildman–Crippen MR) is 92.5 cm³/mol. The molecule has 3 nitrogen and oxygen atoms in total. The summed E-state index contributed by atoms with van der Waals surface area (Å²) in [5.74, 6) is -0.440. The van der Waals surface area contributed by atoms with Gasteiger partial charge in [-0.15, -0.1) is 11.3 Å². The summed E-state index contributed by atoms with van der Waals surface area (Å²) >= 11 is 7.56. The van der Waals surface area contributed by atoms with Crippen LogP contribution in [0.4, 0.5) is 0 Å². The molecule has 0 amide bonds. The molecule has 0 saturated heterocycles. The monoisotopic (exact) mass is 337 g/mol. The number of benzene rings is 1. The molecule has 2 aromatic rings. The van der Waals surface area contributed by atoms with Crippen molar-refractivity contribution < 1.29 is 9.90 Å². The van der Waals surface area contributed by atoms with Crippen molar-refractivity contribution in [2.24, 2.45) is 5.92 Å². The zero-order valence-electron chi connectivity index (χ0n) is 12.7. The zero-order valence-corrected chi connectivity index (χ0v) is 14.2. The van der Waals surface area contributed by atoms with E-state index in [0.717, 1.165) is 20.3 Å². The maximum absolute atomic E-state index is 11.2. The van der Waals surface area contributed by atoms with E-state index in [-0.39, 0.29) is 0 Å². The molecular formula is C17H20ClNO2S. The van der Waals surface area contributed by atoms with E-state index in [0.29, 0.717) is 18.9 Å². The van der Waals surface area contributed by atoms with Gasteiger partial charge in [-0.3, -0.25) is 10.1 Å². The minimum atomic E-state index is -0.789. The van der Waals surface area contributed by atoms with Gasteiger partial charge in [0.2, 0.25) is 0 Å². The van der Waals surface area contributed by atoms with E-state index in [1.54, 1.807) is 11.3 Å². The van der Waals surface area contributed by atoms with Crippen LogP contribution in [0.5, 0.6) is 0 Å². The molecule has 0 bridgehead atoms. The van der Waals surface area contributed by atoms with Gasteiger partial charge in [-0.2, -0.15) is 0 Å². The van der Waals surface area contributed by atoms with Crippen LogP contribution in [-0.4, -0.2) is 17.1 Å². The Morgan fingerprint density at radius 3 is 2.50 bits per heavy atom. The number of rotatable bonds is 7. The number of thiophene rings is 1. The molecule has 0 spiro atoms. The van der Waals surface area contributed by atoms with E-state index in [1.165, 1.54) is 0 Å². The molecule has 0 radical (unpaired) electrons. The fourth-order valence-corrected chi connectivity index (χ4v) is 3.30. The van der Waals surface area contributed by atoms with Crippen molar-refractivity contribution in [3.63, 3.8) is 0 Å². The fourth-order valence-electron chi connectivity index (χ4n) is 2.21. The quantitative estimate of drug-likeness (QED) is 0.772. The minimum absolute atomic E-state index is 0.349. The molecule has 22 heavy (non-hydrogen) atoms. The van der Waals surface area contributed by atoms with Crippen molar-refractivity contribution in [3.8, 4) is 10.4 Å². The van der Waals surface area contributed by atoms with E-state index in [1.807, 2.05) is 44.2 Å². The second kappa shape index (κ2) is 7.77. The van der Waals surface area contributed by atoms with Gasteiger partial charge in [0.05, 0.1) is 0 Å². The second-order valence-corrected chi connectivity index (χ2v) is 7.28. The van der Waals surface area contributed by atoms with Gasteiger partial charge >= 0.3 is 5.97 Å². The van der Waals surface area contributed by atoms with Crippen molar-refractivity contribution in [1.29, 1.82) is 0 Å². The standard InChI is InChI=1S/C17H20ClNO2S/c1-11(2)9-15(17(20)21)19-10-14-7-8-16(22-14)12-3-5-13(18)6-4-12/h3-8,11,15,19H,9-10H2,1-2H3,(H,20,21)/t15-/m1/s1. The number of hydrogen-bond donors (Lipinski definition) is 2. The Labute approximate surface area is 139 Å². The molecule has 0 fully saturated rings. The molecule has 2 rings (SSSR count). The van der Waals surface area contributed by atoms with E-state index in [9.17, 15) is 9.90 Å². The summed E-state index contributed by atoms with van der Waals surface area (Å²) in [5.41, 5.74) is 1.12. The summed E-state index contributed by atoms with van der Waals surface area (Å²) in [7, 11) is 0. The zero-order chi connectivity index (χ0) is 16.1. The first-order chi connectivity index (χ1) is 10.5. The molecule has 0 saturated carbocycles. The molecule has 1 atom stereocenters. The molecule has 2 N–H and O–H groups in total. The lowest BCUT2D eigenvalue weighted by Crippen LogP contribution is -2.37. The van der Waals surface area contributed by atoms with Crippen molar-refractivity contribution in [2.45, 2.75) is 32.9 Å². The van der Waals surface area contributed by atoms with Crippen molar-refractivity contribution in [3.05, 3.63) is 46.3 Å². The average molecular weight is 338 g/mol. The van der Waals surface area contributed by atoms with Gasteiger partial charge in [0.25, 0.3) is 0 Å². The Kier molecular flexibility index (Phi) is 6.00. The molecular weight excluding hydrogens is 318 g/mol. The highest BCUT2D eigenvalue weighted by Crippen LogP contribution is 2.29. The fraction of sp³-hybridized carbons (Fsp3) is 0.353. The normalized spacial score (nSPS) is 12.5. The highest BCUT2D eigenvalue weighted by atomic mass is 35.5. The van der Waals surface area contributed by atoms with Crippen LogP contribution >= 0.6 is 22.9 Å². The topological polar surface area (TPSA) is 49.3 Å². The van der Waals surface area contributed by atoms with Crippen molar-refractivity contribution in [2.75, 3.05) is 0 Å². The smallest absolute Gasteiger partial charge is 0.320 e. The van der Waals surface area contributed by atoms with Crippen LogP contribution in [0, 0.1) is 5.92 Å². The summed E-state index contributed by atoms with van der Waals surface area (Å²) in [6.45, 7) is 4.63. The lowest BCUT2D eigenvalue weighted by atomic mass is 10.0. The van der Waals surface area contributed by atoms with Crippen LogP contribution in [-0.2, 0) is 11.3 Å². The average Bonchev–Trinajstić information content (AvgIpc) is 2.92. The first kappa shape index (κ1) is 17.0. The number of nitrogens with one attached hydrogen (secondary N) is 1. The highest BCUT2D eigenvalue weighted by Gasteiger charge is 2.18. The van der Waals surface area contributed by atoms with Crippen LogP contribution in [0.1, 0.15) is 25.1 Å². The second-order valence-electron chi connectivity index (χ2n) is 5.67. The SMILES string of the molecule is CC(C)C[C@@H](NCc1ccc(-c2ccc(Cl)cc2)s1)C(=O)O. The molecule has 0 aliphatic heterocycles. The largest absolute Gasteiger partial charge is 0.480 e. The number of carboxylic acid groups (broad SMARTS) is 1. The summed E-state index contributed by atoms with van der Waals surface area (Å²) in [6, 6.07) is 11.3. The van der Waals surface area contributed by atoms with Crippen LogP contribution in [0.25, 0.3) is 10.4 Å². The first-order valence-corrected chi connectivity index (χ1v) is 8.46. The number of carbonyl (C=O) groups is 1. The Hall–Kier alpha value is -1.36. The van der Waals surface area contributed by atoms with Gasteiger partial charge in [0.1, 0.15) is 6.04 Å². The Morgan fingerprint density at radius 2 is 1.91 bits per heavy atom. The lowest BCUT2D eigenvalue weighted by molar-refractivity contribution is -0.140. The Morgan fingerprint density at radius 1 is 1.23 bits per heavy atom. The third-order valence-electron chi connectivity index (χ3n) is 3.32. The third kappa shape index (κ3) is 4.83. The van der Waals surface area contributed by atoms with Gasteiger partial charge in [0.15, 0.2) is 0 Å². The van der Waals surface area contributed by atoms with Gasteiger partial charge < -0.3 is 5.11 Å². The summed E-state index contributed by atoms with van der Waals surface area (Å²) in [5, 5.41) is 13.1. The lowest BCUT2D eigenvalue weighted by Gasteiger charge is -2.15. The van der Waals surface area contributed by atoms with Crippen LogP contribution in [0.3, 0.4) is 0 Å². The minimum Gasteiger partial charge on any atom is -0.480 e. The predicted octanol–water partition coefficient (Wildman–Crippen LogP) is 4.66. The molecule has 1 aromatic carbocycles. The van der Waals surface area contributed by atoms with E-state index >= 15 is 0 Å². The van der Waals surface area contributed by atoms with Crippen LogP contribution < -0.4 is 5.32 Å². The first-order valence-electron chi connectivity index (χ1n) is 7.26. The summed E-state index contributed by atoms with van der Waals surface area (Å²) in [6.07, 6.45) is 0.630. The van der Waals surface area contributed by atoms with Crippen molar-refractivity contribution >= 4 is 28.9 Å². The van der Waals surface area contributed by atoms with Gasteiger partial charge in [0, 0.05) is 21.3 Å². The van der Waals surface area contributed by atoms with Crippen molar-refractivity contribution in [1.82, 2.24) is 5.32 Å². The number of carboxylic acids is 1. The van der Waals surface area contributed by atoms with E-state index in [4.69, 9.17) is 11.6 Å². The number of aliphatic carboxylic acids is 1. The maximum atomic E-state index is 11.2. The Bertz CT molecular complexity index is 622.